The number of hydrogen-bond acceptors (Lipinski definition) is 1. The number of rotatable bonds is 4. The van der Waals surface area contributed by atoms with E-state index >= 15 is 0 Å². The van der Waals surface area contributed by atoms with E-state index in [1.54, 1.807) is 0 Å². The monoisotopic (exact) mass is 447 g/mol. The number of amides is 1. The highest BCUT2D eigenvalue weighted by atomic mass is 19.4. The van der Waals surface area contributed by atoms with Gasteiger partial charge < -0.3 is 4.90 Å². The number of halogens is 3. The molecule has 0 radical (unpaired) electrons. The summed E-state index contributed by atoms with van der Waals surface area (Å²) in [5.41, 5.74) is 2.18. The van der Waals surface area contributed by atoms with E-state index in [-0.39, 0.29) is 29.7 Å². The van der Waals surface area contributed by atoms with E-state index in [0.29, 0.717) is 6.54 Å². The summed E-state index contributed by atoms with van der Waals surface area (Å²) < 4.78 is 39.5. The molecule has 2 nitrogen and oxygen atoms in total. The van der Waals surface area contributed by atoms with Crippen LogP contribution in [-0.2, 0) is 17.5 Å². The fourth-order valence-corrected chi connectivity index (χ4v) is 5.36. The number of hydrogen-bond donors (Lipinski definition) is 0. The molecule has 0 spiro atoms. The predicted octanol–water partition coefficient (Wildman–Crippen LogP) is 6.77. The highest BCUT2D eigenvalue weighted by Crippen LogP contribution is 2.52. The van der Waals surface area contributed by atoms with Gasteiger partial charge in [-0.15, -0.1) is 0 Å². The number of alkyl halides is 3. The molecule has 1 aliphatic carbocycles. The Bertz CT molecular complexity index is 1140. The maximum absolute atomic E-state index is 13.8. The quantitative estimate of drug-likeness (QED) is 0.405. The predicted molar refractivity (Wildman–Crippen MR) is 121 cm³/mol. The third-order valence-corrected chi connectivity index (χ3v) is 6.87. The van der Waals surface area contributed by atoms with Gasteiger partial charge in [-0.25, -0.2) is 0 Å². The third kappa shape index (κ3) is 4.08. The summed E-state index contributed by atoms with van der Waals surface area (Å²) in [6, 6.07) is 24.8. The van der Waals surface area contributed by atoms with Crippen LogP contribution in [0.15, 0.2) is 97.1 Å². The molecule has 1 amide bonds. The first-order valence-electron chi connectivity index (χ1n) is 11.2. The molecular formula is C28H24F3NO. The summed E-state index contributed by atoms with van der Waals surface area (Å²) in [7, 11) is 0. The Kier molecular flexibility index (Phi) is 5.57. The second-order valence-corrected chi connectivity index (χ2v) is 8.80. The van der Waals surface area contributed by atoms with Gasteiger partial charge in [0.1, 0.15) is 0 Å². The lowest BCUT2D eigenvalue weighted by Crippen LogP contribution is -2.31. The Morgan fingerprint density at radius 3 is 2.09 bits per heavy atom. The Balaban J connectivity index is 1.56. The Hall–Kier alpha value is -3.34. The molecule has 4 atom stereocenters. The van der Waals surface area contributed by atoms with Crippen LogP contribution in [0.2, 0.25) is 0 Å². The van der Waals surface area contributed by atoms with Crippen molar-refractivity contribution in [2.75, 3.05) is 0 Å². The van der Waals surface area contributed by atoms with E-state index in [9.17, 15) is 18.0 Å². The minimum absolute atomic E-state index is 0.0476. The smallest absolute Gasteiger partial charge is 0.330 e. The van der Waals surface area contributed by atoms with Gasteiger partial charge in [0.05, 0.1) is 17.5 Å². The normalized spacial score (nSPS) is 24.7. The van der Waals surface area contributed by atoms with Crippen molar-refractivity contribution in [3.05, 3.63) is 119 Å². The Morgan fingerprint density at radius 1 is 0.818 bits per heavy atom. The van der Waals surface area contributed by atoms with E-state index in [1.165, 1.54) is 12.1 Å². The second-order valence-electron chi connectivity index (χ2n) is 8.80. The topological polar surface area (TPSA) is 20.3 Å². The fraction of sp³-hybridized carbons (Fsp3) is 0.250. The zero-order valence-corrected chi connectivity index (χ0v) is 18.0. The van der Waals surface area contributed by atoms with Crippen molar-refractivity contribution in [1.82, 2.24) is 4.90 Å². The standard InChI is InChI=1S/C28H24F3NO/c29-28(30,31)22-16-14-21(15-17-22)26-24-13-7-12-23(20-10-5-2-6-11-20)25(24)27(33)32(26)18-19-8-3-1-4-9-19/h1-11,13-17,23-26H,12,18H2/t23-,24-,25-,26+/m1/s1. The van der Waals surface area contributed by atoms with Crippen molar-refractivity contribution in [2.24, 2.45) is 11.8 Å². The van der Waals surface area contributed by atoms with Crippen molar-refractivity contribution in [2.45, 2.75) is 31.1 Å². The van der Waals surface area contributed by atoms with Crippen molar-refractivity contribution in [1.29, 1.82) is 0 Å². The molecule has 5 heteroatoms. The molecule has 1 aliphatic heterocycles. The maximum atomic E-state index is 13.8. The van der Waals surface area contributed by atoms with Crippen LogP contribution in [0.4, 0.5) is 13.2 Å². The number of likely N-dealkylation sites (tertiary alicyclic amines) is 1. The zero-order chi connectivity index (χ0) is 23.0. The first-order chi connectivity index (χ1) is 15.9. The van der Waals surface area contributed by atoms with Gasteiger partial charge in [0, 0.05) is 12.5 Å². The van der Waals surface area contributed by atoms with Gasteiger partial charge in [-0.1, -0.05) is 84.9 Å². The molecule has 5 rings (SSSR count). The van der Waals surface area contributed by atoms with Crippen LogP contribution in [-0.4, -0.2) is 10.8 Å². The van der Waals surface area contributed by atoms with Crippen molar-refractivity contribution >= 4 is 5.91 Å². The largest absolute Gasteiger partial charge is 0.416 e. The molecule has 33 heavy (non-hydrogen) atoms. The Labute approximate surface area is 191 Å². The van der Waals surface area contributed by atoms with Crippen molar-refractivity contribution in [3.8, 4) is 0 Å². The lowest BCUT2D eigenvalue weighted by atomic mass is 9.71. The average Bonchev–Trinajstić information content (AvgIpc) is 3.11. The number of fused-ring (bicyclic) bond motifs is 1. The second kappa shape index (κ2) is 8.54. The van der Waals surface area contributed by atoms with E-state index in [4.69, 9.17) is 0 Å². The molecular weight excluding hydrogens is 423 g/mol. The molecule has 3 aromatic carbocycles. The molecule has 0 N–H and O–H groups in total. The van der Waals surface area contributed by atoms with Gasteiger partial charge in [-0.3, -0.25) is 4.79 Å². The molecule has 3 aromatic rings. The van der Waals surface area contributed by atoms with Crippen LogP contribution in [0.5, 0.6) is 0 Å². The van der Waals surface area contributed by atoms with Gasteiger partial charge >= 0.3 is 6.18 Å². The van der Waals surface area contributed by atoms with Crippen LogP contribution in [0.1, 0.15) is 40.6 Å². The minimum Gasteiger partial charge on any atom is -0.330 e. The van der Waals surface area contributed by atoms with Gasteiger partial charge in [0.25, 0.3) is 0 Å². The molecule has 0 saturated carbocycles. The van der Waals surface area contributed by atoms with E-state index in [1.807, 2.05) is 53.4 Å². The highest BCUT2D eigenvalue weighted by molar-refractivity contribution is 5.84. The first-order valence-corrected chi connectivity index (χ1v) is 11.2. The van der Waals surface area contributed by atoms with Crippen molar-refractivity contribution < 1.29 is 18.0 Å². The molecule has 0 aromatic heterocycles. The van der Waals surface area contributed by atoms with Crippen molar-refractivity contribution in [3.63, 3.8) is 0 Å². The zero-order valence-electron chi connectivity index (χ0n) is 18.0. The van der Waals surface area contributed by atoms with Crippen LogP contribution in [0, 0.1) is 11.8 Å². The van der Waals surface area contributed by atoms with Gasteiger partial charge in [-0.2, -0.15) is 13.2 Å². The average molecular weight is 448 g/mol. The summed E-state index contributed by atoms with van der Waals surface area (Å²) in [5.74, 6) is -0.233. The van der Waals surface area contributed by atoms with E-state index in [0.717, 1.165) is 35.2 Å². The molecule has 168 valence electrons. The van der Waals surface area contributed by atoms with Gasteiger partial charge in [-0.05, 0) is 41.2 Å². The van der Waals surface area contributed by atoms with Crippen LogP contribution >= 0.6 is 0 Å². The first kappa shape index (κ1) is 21.5. The number of nitrogens with zero attached hydrogens (tertiary/aromatic N) is 1. The number of benzene rings is 3. The molecule has 1 fully saturated rings. The van der Waals surface area contributed by atoms with Crippen LogP contribution in [0.3, 0.4) is 0 Å². The molecule has 1 saturated heterocycles. The molecule has 0 bridgehead atoms. The minimum atomic E-state index is -4.39. The molecule has 2 aliphatic rings. The maximum Gasteiger partial charge on any atom is 0.416 e. The molecule has 0 unspecified atom stereocenters. The summed E-state index contributed by atoms with van der Waals surface area (Å²) >= 11 is 0. The third-order valence-electron chi connectivity index (χ3n) is 6.87. The highest BCUT2D eigenvalue weighted by Gasteiger charge is 2.51. The lowest BCUT2D eigenvalue weighted by molar-refractivity contribution is -0.137. The van der Waals surface area contributed by atoms with Gasteiger partial charge in [0.2, 0.25) is 5.91 Å². The number of carbonyl (C=O) groups excluding carboxylic acids is 1. The van der Waals surface area contributed by atoms with Crippen LogP contribution in [0.25, 0.3) is 0 Å². The van der Waals surface area contributed by atoms with E-state index in [2.05, 4.69) is 24.3 Å². The van der Waals surface area contributed by atoms with Gasteiger partial charge in [0.15, 0.2) is 0 Å². The summed E-state index contributed by atoms with van der Waals surface area (Å²) in [5, 5.41) is 0. The summed E-state index contributed by atoms with van der Waals surface area (Å²) in [4.78, 5) is 15.7. The fourth-order valence-electron chi connectivity index (χ4n) is 5.36. The number of allylic oxidation sites excluding steroid dienone is 1. The Morgan fingerprint density at radius 2 is 1.45 bits per heavy atom. The van der Waals surface area contributed by atoms with Crippen LogP contribution < -0.4 is 0 Å². The molecule has 1 heterocycles. The number of carbonyl (C=O) groups is 1. The summed E-state index contributed by atoms with van der Waals surface area (Å²) in [6.07, 6.45) is 0.597. The lowest BCUT2D eigenvalue weighted by Gasteiger charge is -2.31. The SMILES string of the molecule is O=C1[C@H]2[C@@H](C=CC[C@@H]2c2ccccc2)[C@H](c2ccc(C(F)(F)F)cc2)N1Cc1ccccc1. The van der Waals surface area contributed by atoms with E-state index < -0.39 is 11.7 Å². The summed E-state index contributed by atoms with van der Waals surface area (Å²) in [6.45, 7) is 0.424.